The monoisotopic (exact) mass is 444 g/mol. The number of pyridine rings is 1. The average Bonchev–Trinajstić information content (AvgIpc) is 2.54. The first kappa shape index (κ1) is 20.1. The van der Waals surface area contributed by atoms with E-state index in [1.807, 2.05) is 26.0 Å². The lowest BCUT2D eigenvalue weighted by atomic mass is 10.2. The number of guanidine groups is 1. The van der Waals surface area contributed by atoms with Crippen LogP contribution in [0.1, 0.15) is 19.4 Å². The Bertz CT molecular complexity index is 659. The predicted molar refractivity (Wildman–Crippen MR) is 105 cm³/mol. The van der Waals surface area contributed by atoms with Crippen molar-refractivity contribution in [3.63, 3.8) is 0 Å². The number of halogens is 2. The van der Waals surface area contributed by atoms with E-state index in [1.54, 1.807) is 18.3 Å². The average molecular weight is 444 g/mol. The van der Waals surface area contributed by atoms with Crippen molar-refractivity contribution in [3.05, 3.63) is 54.0 Å². The molecule has 130 valence electrons. The molecule has 0 saturated heterocycles. The van der Waals surface area contributed by atoms with Gasteiger partial charge in [0.1, 0.15) is 11.6 Å². The molecule has 0 atom stereocenters. The van der Waals surface area contributed by atoms with Crippen LogP contribution in [0.3, 0.4) is 0 Å². The smallest absolute Gasteiger partial charge is 0.224 e. The molecule has 0 unspecified atom stereocenters. The van der Waals surface area contributed by atoms with E-state index >= 15 is 0 Å². The summed E-state index contributed by atoms with van der Waals surface area (Å²) in [6, 6.07) is 9.69. The zero-order valence-electron chi connectivity index (χ0n) is 13.8. The fourth-order valence-electron chi connectivity index (χ4n) is 1.95. The SMILES string of the molecule is CCNC(=NCc1cccnc1Oc1cccc(F)c1)NCC.I. The van der Waals surface area contributed by atoms with Gasteiger partial charge in [0.2, 0.25) is 5.88 Å². The van der Waals surface area contributed by atoms with E-state index in [1.165, 1.54) is 12.1 Å². The Morgan fingerprint density at radius 3 is 2.58 bits per heavy atom. The fraction of sp³-hybridized carbons (Fsp3) is 0.294. The van der Waals surface area contributed by atoms with Crippen molar-refractivity contribution in [3.8, 4) is 11.6 Å². The number of hydrogen-bond donors (Lipinski definition) is 2. The van der Waals surface area contributed by atoms with Gasteiger partial charge >= 0.3 is 0 Å². The maximum Gasteiger partial charge on any atom is 0.224 e. The minimum absolute atomic E-state index is 0. The van der Waals surface area contributed by atoms with Gasteiger partial charge in [-0.3, -0.25) is 0 Å². The van der Waals surface area contributed by atoms with Crippen LogP contribution in [0, 0.1) is 5.82 Å². The number of ether oxygens (including phenoxy) is 1. The van der Waals surface area contributed by atoms with E-state index in [9.17, 15) is 4.39 Å². The van der Waals surface area contributed by atoms with Crippen molar-refractivity contribution in [2.75, 3.05) is 13.1 Å². The van der Waals surface area contributed by atoms with E-state index in [0.717, 1.165) is 24.6 Å². The van der Waals surface area contributed by atoms with E-state index in [2.05, 4.69) is 20.6 Å². The Labute approximate surface area is 158 Å². The molecular weight excluding hydrogens is 422 g/mol. The number of rotatable bonds is 6. The number of benzene rings is 1. The summed E-state index contributed by atoms with van der Waals surface area (Å²) in [4.78, 5) is 8.71. The van der Waals surface area contributed by atoms with Crippen LogP contribution in [0.4, 0.5) is 4.39 Å². The largest absolute Gasteiger partial charge is 0.439 e. The molecule has 0 aliphatic rings. The van der Waals surface area contributed by atoms with Crippen LogP contribution >= 0.6 is 24.0 Å². The minimum atomic E-state index is -0.348. The summed E-state index contributed by atoms with van der Waals surface area (Å²) in [7, 11) is 0. The van der Waals surface area contributed by atoms with Gasteiger partial charge in [0.05, 0.1) is 6.54 Å². The molecule has 0 radical (unpaired) electrons. The van der Waals surface area contributed by atoms with Crippen LogP contribution in [0.25, 0.3) is 0 Å². The summed E-state index contributed by atoms with van der Waals surface area (Å²) in [5.41, 5.74) is 0.824. The number of nitrogens with zero attached hydrogens (tertiary/aromatic N) is 2. The van der Waals surface area contributed by atoms with Crippen LogP contribution in [0.5, 0.6) is 11.6 Å². The highest BCUT2D eigenvalue weighted by Crippen LogP contribution is 2.23. The Balaban J connectivity index is 0.00000288. The number of aromatic nitrogens is 1. The molecule has 2 N–H and O–H groups in total. The molecule has 5 nitrogen and oxygen atoms in total. The maximum absolute atomic E-state index is 13.3. The lowest BCUT2D eigenvalue weighted by Crippen LogP contribution is -2.36. The molecule has 1 heterocycles. The van der Waals surface area contributed by atoms with E-state index in [-0.39, 0.29) is 29.8 Å². The van der Waals surface area contributed by atoms with Gasteiger partial charge in [0.15, 0.2) is 5.96 Å². The quantitative estimate of drug-likeness (QED) is 0.405. The van der Waals surface area contributed by atoms with Crippen LogP contribution < -0.4 is 15.4 Å². The Morgan fingerprint density at radius 1 is 1.17 bits per heavy atom. The highest BCUT2D eigenvalue weighted by Gasteiger charge is 2.07. The Hall–Kier alpha value is -1.90. The third-order valence-electron chi connectivity index (χ3n) is 2.96. The van der Waals surface area contributed by atoms with Gasteiger partial charge in [-0.25, -0.2) is 14.4 Å². The van der Waals surface area contributed by atoms with Gasteiger partial charge in [-0.15, -0.1) is 24.0 Å². The van der Waals surface area contributed by atoms with Crippen LogP contribution in [0.15, 0.2) is 47.6 Å². The lowest BCUT2D eigenvalue weighted by Gasteiger charge is -2.11. The summed E-state index contributed by atoms with van der Waals surface area (Å²) in [5.74, 6) is 1.22. The van der Waals surface area contributed by atoms with Gasteiger partial charge in [0, 0.05) is 30.9 Å². The fourth-order valence-corrected chi connectivity index (χ4v) is 1.95. The van der Waals surface area contributed by atoms with Crippen molar-refractivity contribution in [1.29, 1.82) is 0 Å². The van der Waals surface area contributed by atoms with E-state index in [0.29, 0.717) is 18.2 Å². The second kappa shape index (κ2) is 10.8. The lowest BCUT2D eigenvalue weighted by molar-refractivity contribution is 0.452. The normalized spacial score (nSPS) is 9.62. The van der Waals surface area contributed by atoms with Gasteiger partial charge < -0.3 is 15.4 Å². The van der Waals surface area contributed by atoms with Crippen molar-refractivity contribution in [1.82, 2.24) is 15.6 Å². The Morgan fingerprint density at radius 2 is 1.92 bits per heavy atom. The highest BCUT2D eigenvalue weighted by molar-refractivity contribution is 14.0. The van der Waals surface area contributed by atoms with Crippen molar-refractivity contribution in [2.45, 2.75) is 20.4 Å². The first-order valence-electron chi connectivity index (χ1n) is 7.62. The van der Waals surface area contributed by atoms with Crippen molar-refractivity contribution >= 4 is 29.9 Å². The molecule has 7 heteroatoms. The van der Waals surface area contributed by atoms with Crippen molar-refractivity contribution in [2.24, 2.45) is 4.99 Å². The maximum atomic E-state index is 13.3. The predicted octanol–water partition coefficient (Wildman–Crippen LogP) is 3.71. The molecule has 0 aliphatic heterocycles. The van der Waals surface area contributed by atoms with Gasteiger partial charge in [0.25, 0.3) is 0 Å². The molecule has 0 saturated carbocycles. The first-order chi connectivity index (χ1) is 11.2. The molecule has 0 fully saturated rings. The number of aliphatic imine (C=N–C) groups is 1. The molecule has 1 aromatic carbocycles. The van der Waals surface area contributed by atoms with Gasteiger partial charge in [-0.2, -0.15) is 0 Å². The summed E-state index contributed by atoms with van der Waals surface area (Å²) in [6.07, 6.45) is 1.64. The summed E-state index contributed by atoms with van der Waals surface area (Å²) >= 11 is 0. The van der Waals surface area contributed by atoms with Crippen LogP contribution in [0.2, 0.25) is 0 Å². The molecule has 0 bridgehead atoms. The molecule has 2 aromatic rings. The standard InChI is InChI=1S/C17H21FN4O.HI/c1-3-19-17(20-4-2)22-12-13-7-6-10-21-16(13)23-15-9-5-8-14(18)11-15;/h5-11H,3-4,12H2,1-2H3,(H2,19,20,22);1H. The van der Waals surface area contributed by atoms with Crippen molar-refractivity contribution < 1.29 is 9.13 Å². The molecule has 24 heavy (non-hydrogen) atoms. The summed E-state index contributed by atoms with van der Waals surface area (Å²) in [6.45, 7) is 6.00. The molecule has 1 aromatic heterocycles. The summed E-state index contributed by atoms with van der Waals surface area (Å²) < 4.78 is 18.9. The number of nitrogens with one attached hydrogen (secondary N) is 2. The van der Waals surface area contributed by atoms with Gasteiger partial charge in [-0.1, -0.05) is 12.1 Å². The molecule has 0 amide bonds. The summed E-state index contributed by atoms with van der Waals surface area (Å²) in [5, 5.41) is 6.32. The zero-order chi connectivity index (χ0) is 16.5. The molecule has 0 aliphatic carbocycles. The minimum Gasteiger partial charge on any atom is -0.439 e. The number of hydrogen-bond acceptors (Lipinski definition) is 3. The zero-order valence-corrected chi connectivity index (χ0v) is 16.1. The third-order valence-corrected chi connectivity index (χ3v) is 2.96. The van der Waals surface area contributed by atoms with Crippen LogP contribution in [-0.4, -0.2) is 24.0 Å². The second-order valence-corrected chi connectivity index (χ2v) is 4.75. The van der Waals surface area contributed by atoms with Gasteiger partial charge in [-0.05, 0) is 32.0 Å². The highest BCUT2D eigenvalue weighted by atomic mass is 127. The molecule has 2 rings (SSSR count). The third kappa shape index (κ3) is 6.31. The van der Waals surface area contributed by atoms with Crippen LogP contribution in [-0.2, 0) is 6.54 Å². The molecule has 0 spiro atoms. The van der Waals surface area contributed by atoms with E-state index < -0.39 is 0 Å². The first-order valence-corrected chi connectivity index (χ1v) is 7.62. The second-order valence-electron chi connectivity index (χ2n) is 4.75. The topological polar surface area (TPSA) is 58.5 Å². The van der Waals surface area contributed by atoms with E-state index in [4.69, 9.17) is 4.74 Å². The molecular formula is C17H22FIN4O. The Kier molecular flexibility index (Phi) is 9.06.